The summed E-state index contributed by atoms with van der Waals surface area (Å²) in [5, 5.41) is 1.02. The van der Waals surface area contributed by atoms with Crippen LogP contribution in [0, 0.1) is 11.8 Å². The van der Waals surface area contributed by atoms with Gasteiger partial charge in [0.2, 0.25) is 11.8 Å². The van der Waals surface area contributed by atoms with Crippen molar-refractivity contribution in [2.24, 2.45) is 11.8 Å². The molecule has 0 heterocycles. The maximum absolute atomic E-state index is 12.3. The Morgan fingerprint density at radius 2 is 0.875 bits per heavy atom. The second-order valence-electron chi connectivity index (χ2n) is 7.45. The number of carbonyl (C=O) groups excluding carboxylic acids is 4. The summed E-state index contributed by atoms with van der Waals surface area (Å²) in [5.74, 6) is -2.12. The average molecular weight is 477 g/mol. The van der Waals surface area contributed by atoms with Gasteiger partial charge in [-0.05, 0) is 74.2 Å². The summed E-state index contributed by atoms with van der Waals surface area (Å²) in [6.45, 7) is 0. The second kappa shape index (κ2) is 11.0. The van der Waals surface area contributed by atoms with E-state index < -0.39 is 11.8 Å². The molecule has 1 saturated carbocycles. The first kappa shape index (κ1) is 23.6. The van der Waals surface area contributed by atoms with Gasteiger partial charge < -0.3 is 0 Å². The summed E-state index contributed by atoms with van der Waals surface area (Å²) in [5.41, 5.74) is 10.4. The first-order valence-corrected chi connectivity index (χ1v) is 10.8. The summed E-state index contributed by atoms with van der Waals surface area (Å²) in [7, 11) is 0. The number of benzene rings is 2. The molecule has 1 aliphatic carbocycles. The highest BCUT2D eigenvalue weighted by atomic mass is 35.5. The lowest BCUT2D eigenvalue weighted by atomic mass is 9.81. The molecule has 1 aliphatic rings. The fraction of sp³-hybridized carbons (Fsp3) is 0.273. The van der Waals surface area contributed by atoms with Crippen LogP contribution in [0.25, 0.3) is 0 Å². The minimum absolute atomic E-state index is 0.304. The van der Waals surface area contributed by atoms with E-state index in [1.165, 1.54) is 0 Å². The number of hydrogen-bond acceptors (Lipinski definition) is 4. The lowest BCUT2D eigenvalue weighted by Gasteiger charge is -2.27. The first-order valence-electron chi connectivity index (χ1n) is 10.0. The van der Waals surface area contributed by atoms with Gasteiger partial charge in [-0.25, -0.2) is 0 Å². The third-order valence-electron chi connectivity index (χ3n) is 5.28. The summed E-state index contributed by atoms with van der Waals surface area (Å²) in [6.07, 6.45) is 1.97. The lowest BCUT2D eigenvalue weighted by Crippen LogP contribution is -2.47. The fourth-order valence-corrected chi connectivity index (χ4v) is 3.66. The Morgan fingerprint density at radius 3 is 1.19 bits per heavy atom. The first-order chi connectivity index (χ1) is 15.3. The molecule has 0 aromatic heterocycles. The van der Waals surface area contributed by atoms with Gasteiger partial charge >= 0.3 is 0 Å². The Balaban J connectivity index is 1.39. The van der Waals surface area contributed by atoms with Gasteiger partial charge in [0, 0.05) is 33.0 Å². The minimum atomic E-state index is -0.445. The molecule has 4 amide bonds. The smallest absolute Gasteiger partial charge is 0.269 e. The zero-order valence-electron chi connectivity index (χ0n) is 17.0. The highest BCUT2D eigenvalue weighted by Gasteiger charge is 2.30. The molecular weight excluding hydrogens is 455 g/mol. The van der Waals surface area contributed by atoms with Crippen LogP contribution >= 0.6 is 23.2 Å². The van der Waals surface area contributed by atoms with E-state index in [-0.39, 0.29) is 23.7 Å². The summed E-state index contributed by atoms with van der Waals surface area (Å²) in [4.78, 5) is 48.8. The van der Waals surface area contributed by atoms with Crippen LogP contribution < -0.4 is 21.7 Å². The van der Waals surface area contributed by atoms with Crippen molar-refractivity contribution in [3.63, 3.8) is 0 Å². The number of nitrogens with one attached hydrogen (secondary N) is 4. The van der Waals surface area contributed by atoms with Crippen molar-refractivity contribution in [3.8, 4) is 0 Å². The molecule has 0 aliphatic heterocycles. The Hall–Kier alpha value is -3.10. The molecule has 0 radical (unpaired) electrons. The van der Waals surface area contributed by atoms with E-state index in [1.807, 2.05) is 0 Å². The fourth-order valence-electron chi connectivity index (χ4n) is 3.41. The molecule has 2 aromatic rings. The summed E-state index contributed by atoms with van der Waals surface area (Å²) >= 11 is 11.6. The quantitative estimate of drug-likeness (QED) is 0.507. The molecule has 2 aromatic carbocycles. The van der Waals surface area contributed by atoms with E-state index in [2.05, 4.69) is 21.7 Å². The van der Waals surface area contributed by atoms with Crippen LogP contribution in [-0.2, 0) is 9.59 Å². The Morgan fingerprint density at radius 1 is 0.562 bits per heavy atom. The van der Waals surface area contributed by atoms with Crippen LogP contribution in [0.4, 0.5) is 0 Å². The van der Waals surface area contributed by atoms with E-state index in [0.717, 1.165) is 0 Å². The van der Waals surface area contributed by atoms with E-state index in [1.54, 1.807) is 48.5 Å². The Kier molecular flexibility index (Phi) is 8.08. The van der Waals surface area contributed by atoms with E-state index in [9.17, 15) is 19.2 Å². The molecule has 10 heteroatoms. The topological polar surface area (TPSA) is 116 Å². The van der Waals surface area contributed by atoms with Crippen LogP contribution in [0.5, 0.6) is 0 Å². The molecule has 168 valence electrons. The highest BCUT2D eigenvalue weighted by Crippen LogP contribution is 2.29. The van der Waals surface area contributed by atoms with Gasteiger partial charge in [0.15, 0.2) is 0 Å². The SMILES string of the molecule is O=C(NNC(=O)C1CCC(C(=O)NNC(=O)c2ccc(Cl)cc2)CC1)c1ccc(Cl)cc1. The molecular formula is C22H22Cl2N4O4. The minimum Gasteiger partial charge on any atom is -0.273 e. The summed E-state index contributed by atoms with van der Waals surface area (Å²) in [6, 6.07) is 12.6. The molecule has 1 fully saturated rings. The van der Waals surface area contributed by atoms with Gasteiger partial charge in [-0.2, -0.15) is 0 Å². The summed E-state index contributed by atoms with van der Waals surface area (Å²) < 4.78 is 0. The number of carbonyl (C=O) groups is 4. The second-order valence-corrected chi connectivity index (χ2v) is 8.32. The standard InChI is InChI=1S/C22H22Cl2N4O4/c23-17-9-5-15(6-10-17)21(31)27-25-19(29)13-1-2-14(4-3-13)20(30)26-28-22(32)16-7-11-18(24)12-8-16/h5-14H,1-4H2,(H,25,29)(H,26,30)(H,27,31)(H,28,32). The average Bonchev–Trinajstić information content (AvgIpc) is 2.81. The van der Waals surface area contributed by atoms with Crippen molar-refractivity contribution in [3.05, 3.63) is 69.7 Å². The van der Waals surface area contributed by atoms with Gasteiger partial charge in [-0.1, -0.05) is 23.2 Å². The van der Waals surface area contributed by atoms with Crippen molar-refractivity contribution in [2.75, 3.05) is 0 Å². The van der Waals surface area contributed by atoms with Gasteiger partial charge in [-0.15, -0.1) is 0 Å². The van der Waals surface area contributed by atoms with Gasteiger partial charge in [-0.3, -0.25) is 40.9 Å². The van der Waals surface area contributed by atoms with E-state index in [4.69, 9.17) is 23.2 Å². The van der Waals surface area contributed by atoms with Crippen LogP contribution in [0.2, 0.25) is 10.0 Å². The third-order valence-corrected chi connectivity index (χ3v) is 5.78. The van der Waals surface area contributed by atoms with Crippen LogP contribution in [-0.4, -0.2) is 23.6 Å². The van der Waals surface area contributed by atoms with E-state index in [0.29, 0.717) is 46.9 Å². The van der Waals surface area contributed by atoms with Crippen molar-refractivity contribution in [2.45, 2.75) is 25.7 Å². The largest absolute Gasteiger partial charge is 0.273 e. The number of halogens is 2. The molecule has 0 atom stereocenters. The molecule has 0 unspecified atom stereocenters. The highest BCUT2D eigenvalue weighted by molar-refractivity contribution is 6.31. The Bertz CT molecular complexity index is 906. The maximum Gasteiger partial charge on any atom is 0.269 e. The van der Waals surface area contributed by atoms with Crippen LogP contribution in [0.3, 0.4) is 0 Å². The van der Waals surface area contributed by atoms with E-state index >= 15 is 0 Å². The zero-order chi connectivity index (χ0) is 23.1. The van der Waals surface area contributed by atoms with Gasteiger partial charge in [0.05, 0.1) is 0 Å². The maximum atomic E-state index is 12.3. The van der Waals surface area contributed by atoms with Crippen molar-refractivity contribution >= 4 is 46.8 Å². The number of hydrazine groups is 2. The molecule has 32 heavy (non-hydrogen) atoms. The molecule has 8 nitrogen and oxygen atoms in total. The monoisotopic (exact) mass is 476 g/mol. The van der Waals surface area contributed by atoms with Crippen molar-refractivity contribution in [1.82, 2.24) is 21.7 Å². The zero-order valence-corrected chi connectivity index (χ0v) is 18.5. The van der Waals surface area contributed by atoms with Gasteiger partial charge in [0.1, 0.15) is 0 Å². The normalized spacial score (nSPS) is 17.7. The predicted octanol–water partition coefficient (Wildman–Crippen LogP) is 3.02. The number of rotatable bonds is 4. The molecule has 0 spiro atoms. The third kappa shape index (κ3) is 6.45. The number of amides is 4. The molecule has 4 N–H and O–H groups in total. The van der Waals surface area contributed by atoms with Crippen LogP contribution in [0.15, 0.2) is 48.5 Å². The molecule has 0 saturated heterocycles. The predicted molar refractivity (Wildman–Crippen MR) is 120 cm³/mol. The van der Waals surface area contributed by atoms with Crippen molar-refractivity contribution in [1.29, 1.82) is 0 Å². The Labute approximate surface area is 195 Å². The lowest BCUT2D eigenvalue weighted by molar-refractivity contribution is -0.131. The van der Waals surface area contributed by atoms with Gasteiger partial charge in [0.25, 0.3) is 11.8 Å². The van der Waals surface area contributed by atoms with Crippen LogP contribution in [0.1, 0.15) is 46.4 Å². The molecule has 3 rings (SSSR count). The molecule has 0 bridgehead atoms. The number of hydrogen-bond donors (Lipinski definition) is 4. The van der Waals surface area contributed by atoms with Crippen molar-refractivity contribution < 1.29 is 19.2 Å².